The highest BCUT2D eigenvalue weighted by Crippen LogP contribution is 2.42. The lowest BCUT2D eigenvalue weighted by Gasteiger charge is -2.06. The van der Waals surface area contributed by atoms with E-state index in [1.54, 1.807) is 18.4 Å². The Balaban J connectivity index is 2.07. The van der Waals surface area contributed by atoms with Crippen LogP contribution in [0.1, 0.15) is 27.9 Å². The second-order valence-corrected chi connectivity index (χ2v) is 7.19. The van der Waals surface area contributed by atoms with E-state index in [2.05, 4.69) is 5.32 Å². The van der Waals surface area contributed by atoms with E-state index in [-0.39, 0.29) is 5.78 Å². The zero-order chi connectivity index (χ0) is 15.4. The Labute approximate surface area is 136 Å². The zero-order valence-corrected chi connectivity index (χ0v) is 14.3. The quantitative estimate of drug-likeness (QED) is 0.735. The normalized spacial score (nSPS) is 10.6. The Kier molecular flexibility index (Phi) is 5.50. The van der Waals surface area contributed by atoms with E-state index in [9.17, 15) is 4.79 Å². The third kappa shape index (κ3) is 3.70. The number of carbonyl (C=O) groups is 1. The van der Waals surface area contributed by atoms with Gasteiger partial charge in [-0.1, -0.05) is 18.5 Å². The summed E-state index contributed by atoms with van der Waals surface area (Å²) < 4.78 is 6.10. The van der Waals surface area contributed by atoms with Gasteiger partial charge in [-0.2, -0.15) is 0 Å². The van der Waals surface area contributed by atoms with Crippen molar-refractivity contribution in [2.45, 2.75) is 19.8 Å². The second kappa shape index (κ2) is 7.15. The molecule has 2 aromatic rings. The van der Waals surface area contributed by atoms with Gasteiger partial charge in [-0.25, -0.2) is 0 Å². The lowest BCUT2D eigenvalue weighted by molar-refractivity contribution is 0.0992. The molecule has 0 unspecified atom stereocenters. The fourth-order valence-corrected chi connectivity index (χ4v) is 4.11. The predicted molar refractivity (Wildman–Crippen MR) is 91.4 cm³/mol. The first-order valence-corrected chi connectivity index (χ1v) is 8.55. The van der Waals surface area contributed by atoms with Gasteiger partial charge in [0.15, 0.2) is 11.5 Å². The molecule has 0 saturated carbocycles. The van der Waals surface area contributed by atoms with Crippen molar-refractivity contribution < 1.29 is 9.53 Å². The number of carbonyl (C=O) groups excluding carboxylic acids is 1. The first-order valence-electron chi connectivity index (χ1n) is 6.54. The Hall–Kier alpha value is -1.24. The number of Topliss-reactive ketones (excluding diaryl/α,β-unsaturated/α-hetero) is 1. The van der Waals surface area contributed by atoms with Crippen LogP contribution in [0.5, 0.6) is 5.75 Å². The van der Waals surface area contributed by atoms with Gasteiger partial charge in [-0.05, 0) is 18.6 Å². The molecule has 2 heterocycles. The van der Waals surface area contributed by atoms with E-state index in [1.165, 1.54) is 16.2 Å². The number of nitrogens with one attached hydrogen (secondary N) is 1. The van der Waals surface area contributed by atoms with Gasteiger partial charge in [-0.3, -0.25) is 4.79 Å². The molecule has 21 heavy (non-hydrogen) atoms. The number of rotatable bonds is 7. The molecular weight excluding hydrogens is 328 g/mol. The third-order valence-electron chi connectivity index (χ3n) is 2.96. The summed E-state index contributed by atoms with van der Waals surface area (Å²) in [6.07, 6.45) is 1.29. The van der Waals surface area contributed by atoms with Gasteiger partial charge in [0.1, 0.15) is 5.00 Å². The molecule has 4 nitrogen and oxygen atoms in total. The van der Waals surface area contributed by atoms with Crippen LogP contribution >= 0.6 is 34.3 Å². The molecule has 0 aromatic carbocycles. The Bertz CT molecular complexity index is 637. The van der Waals surface area contributed by atoms with E-state index in [1.807, 2.05) is 19.1 Å². The standard InChI is InChI=1S/C14H17ClN2O2S2/c1-3-9(18)13-11(16)12(19-2)14(21-13)17-7-6-8-4-5-10(15)20-8/h4-5,17H,3,6-7,16H2,1-2H3. The Morgan fingerprint density at radius 2 is 2.19 bits per heavy atom. The summed E-state index contributed by atoms with van der Waals surface area (Å²) in [5, 5.41) is 4.09. The van der Waals surface area contributed by atoms with Crippen LogP contribution in [0.15, 0.2) is 12.1 Å². The summed E-state index contributed by atoms with van der Waals surface area (Å²) in [7, 11) is 1.56. The maximum Gasteiger partial charge on any atom is 0.176 e. The SMILES string of the molecule is CCC(=O)c1sc(NCCc2ccc(Cl)s2)c(OC)c1N. The zero-order valence-electron chi connectivity index (χ0n) is 11.9. The topological polar surface area (TPSA) is 64.3 Å². The maximum atomic E-state index is 11.8. The van der Waals surface area contributed by atoms with Gasteiger partial charge in [0.05, 0.1) is 22.0 Å². The minimum atomic E-state index is 0.0360. The molecule has 0 aliphatic carbocycles. The number of hydrogen-bond acceptors (Lipinski definition) is 6. The molecule has 0 atom stereocenters. The molecule has 0 fully saturated rings. The third-order valence-corrected chi connectivity index (χ3v) is 5.44. The van der Waals surface area contributed by atoms with Crippen molar-refractivity contribution in [3.8, 4) is 5.75 Å². The molecule has 3 N–H and O–H groups in total. The number of ether oxygens (including phenoxy) is 1. The maximum absolute atomic E-state index is 11.8. The minimum absolute atomic E-state index is 0.0360. The largest absolute Gasteiger partial charge is 0.492 e. The van der Waals surface area contributed by atoms with Crippen LogP contribution in [0.2, 0.25) is 4.34 Å². The Morgan fingerprint density at radius 1 is 1.43 bits per heavy atom. The van der Waals surface area contributed by atoms with Gasteiger partial charge < -0.3 is 15.8 Å². The number of nitrogens with two attached hydrogens (primary N) is 1. The van der Waals surface area contributed by atoms with Crippen LogP contribution in [0, 0.1) is 0 Å². The highest BCUT2D eigenvalue weighted by molar-refractivity contribution is 7.19. The number of nitrogen functional groups attached to an aromatic ring is 1. The van der Waals surface area contributed by atoms with Crippen molar-refractivity contribution in [3.05, 3.63) is 26.2 Å². The summed E-state index contributed by atoms with van der Waals surface area (Å²) in [5.41, 5.74) is 6.41. The van der Waals surface area contributed by atoms with Crippen LogP contribution < -0.4 is 15.8 Å². The van der Waals surface area contributed by atoms with E-state index < -0.39 is 0 Å². The van der Waals surface area contributed by atoms with Crippen molar-refractivity contribution in [1.82, 2.24) is 0 Å². The van der Waals surface area contributed by atoms with Crippen LogP contribution in [-0.2, 0) is 6.42 Å². The van der Waals surface area contributed by atoms with Crippen LogP contribution in [0.3, 0.4) is 0 Å². The van der Waals surface area contributed by atoms with Crippen molar-refractivity contribution in [2.24, 2.45) is 0 Å². The molecule has 0 spiro atoms. The van der Waals surface area contributed by atoms with Crippen molar-refractivity contribution in [1.29, 1.82) is 0 Å². The highest BCUT2D eigenvalue weighted by Gasteiger charge is 2.20. The molecule has 0 radical (unpaired) electrons. The van der Waals surface area contributed by atoms with Gasteiger partial charge >= 0.3 is 0 Å². The molecule has 114 valence electrons. The number of anilines is 2. The fraction of sp³-hybridized carbons (Fsp3) is 0.357. The number of ketones is 1. The summed E-state index contributed by atoms with van der Waals surface area (Å²) >= 11 is 8.82. The lowest BCUT2D eigenvalue weighted by atomic mass is 10.2. The molecule has 2 aromatic heterocycles. The van der Waals surface area contributed by atoms with E-state index in [0.717, 1.165) is 22.3 Å². The van der Waals surface area contributed by atoms with Gasteiger partial charge in [0.2, 0.25) is 0 Å². The fourth-order valence-electron chi connectivity index (χ4n) is 1.90. The summed E-state index contributed by atoms with van der Waals surface area (Å²) in [4.78, 5) is 13.6. The van der Waals surface area contributed by atoms with Gasteiger partial charge in [0.25, 0.3) is 0 Å². The molecular formula is C14H17ClN2O2S2. The summed E-state index contributed by atoms with van der Waals surface area (Å²) in [5.74, 6) is 0.593. The number of methoxy groups -OCH3 is 1. The number of thiophene rings is 2. The first-order chi connectivity index (χ1) is 10.1. The summed E-state index contributed by atoms with van der Waals surface area (Å²) in [6.45, 7) is 2.55. The molecule has 0 aliphatic heterocycles. The van der Waals surface area contributed by atoms with Crippen molar-refractivity contribution >= 4 is 50.7 Å². The molecule has 0 saturated heterocycles. The van der Waals surface area contributed by atoms with E-state index >= 15 is 0 Å². The molecule has 0 bridgehead atoms. The van der Waals surface area contributed by atoms with Gasteiger partial charge in [-0.15, -0.1) is 22.7 Å². The smallest absolute Gasteiger partial charge is 0.176 e. The molecule has 7 heteroatoms. The van der Waals surface area contributed by atoms with Crippen LogP contribution in [0.25, 0.3) is 0 Å². The van der Waals surface area contributed by atoms with Crippen molar-refractivity contribution in [3.63, 3.8) is 0 Å². The minimum Gasteiger partial charge on any atom is -0.492 e. The number of hydrogen-bond donors (Lipinski definition) is 2. The summed E-state index contributed by atoms with van der Waals surface area (Å²) in [6, 6.07) is 3.91. The Morgan fingerprint density at radius 3 is 2.76 bits per heavy atom. The highest BCUT2D eigenvalue weighted by atomic mass is 35.5. The second-order valence-electron chi connectivity index (χ2n) is 4.37. The monoisotopic (exact) mass is 344 g/mol. The first kappa shape index (κ1) is 16.1. The van der Waals surface area contributed by atoms with Crippen LogP contribution in [0.4, 0.5) is 10.7 Å². The lowest BCUT2D eigenvalue weighted by Crippen LogP contribution is -2.03. The molecule has 0 amide bonds. The van der Waals surface area contributed by atoms with E-state index in [0.29, 0.717) is 22.7 Å². The number of halogens is 1. The average molecular weight is 345 g/mol. The molecule has 2 rings (SSSR count). The van der Waals surface area contributed by atoms with Gasteiger partial charge in [0, 0.05) is 17.8 Å². The average Bonchev–Trinajstić information content (AvgIpc) is 3.02. The predicted octanol–water partition coefficient (Wildman–Crippen LogP) is 4.30. The van der Waals surface area contributed by atoms with E-state index in [4.69, 9.17) is 22.1 Å². The van der Waals surface area contributed by atoms with Crippen LogP contribution in [-0.4, -0.2) is 19.4 Å². The molecule has 0 aliphatic rings. The van der Waals surface area contributed by atoms with Crippen molar-refractivity contribution in [2.75, 3.05) is 24.7 Å².